The Hall–Kier alpha value is -2.24. The monoisotopic (exact) mass is 266 g/mol. The lowest BCUT2D eigenvalue weighted by Gasteiger charge is -2.13. The molecule has 0 saturated carbocycles. The first-order chi connectivity index (χ1) is 8.99. The summed E-state index contributed by atoms with van der Waals surface area (Å²) >= 11 is 0. The number of rotatable bonds is 6. The van der Waals surface area contributed by atoms with Crippen molar-refractivity contribution in [2.45, 2.75) is 13.3 Å². The number of carbonyl (C=O) groups excluding carboxylic acids is 2. The number of hydrogen-bond donors (Lipinski definition) is 2. The van der Waals surface area contributed by atoms with E-state index in [9.17, 15) is 9.59 Å². The standard InChI is InChI=1S/C13H18N2O4/c1-8(16)10-7-12(19-3)11(18-2)6-9(10)4-5-15-13(14)17/h6-7H,4-5H2,1-3H3,(H3,14,15,17). The van der Waals surface area contributed by atoms with Crippen LogP contribution in [0.1, 0.15) is 22.8 Å². The zero-order valence-electron chi connectivity index (χ0n) is 11.3. The van der Waals surface area contributed by atoms with E-state index in [2.05, 4.69) is 5.32 Å². The normalized spacial score (nSPS) is 9.84. The van der Waals surface area contributed by atoms with Crippen LogP contribution in [0.4, 0.5) is 4.79 Å². The summed E-state index contributed by atoms with van der Waals surface area (Å²) in [4.78, 5) is 22.3. The molecule has 3 N–H and O–H groups in total. The molecule has 0 fully saturated rings. The molecule has 0 atom stereocenters. The van der Waals surface area contributed by atoms with Crippen LogP contribution in [0.2, 0.25) is 0 Å². The van der Waals surface area contributed by atoms with E-state index in [1.165, 1.54) is 21.1 Å². The number of carbonyl (C=O) groups is 2. The Labute approximate surface area is 111 Å². The summed E-state index contributed by atoms with van der Waals surface area (Å²) in [5.74, 6) is 0.968. The van der Waals surface area contributed by atoms with E-state index >= 15 is 0 Å². The molecule has 0 heterocycles. The van der Waals surface area contributed by atoms with Gasteiger partial charge in [0.25, 0.3) is 0 Å². The SMILES string of the molecule is COc1cc(CCNC(N)=O)c(C(C)=O)cc1OC. The topological polar surface area (TPSA) is 90.6 Å². The van der Waals surface area contributed by atoms with Crippen LogP contribution in [-0.2, 0) is 6.42 Å². The maximum Gasteiger partial charge on any atom is 0.312 e. The van der Waals surface area contributed by atoms with Crippen molar-refractivity contribution < 1.29 is 19.1 Å². The summed E-state index contributed by atoms with van der Waals surface area (Å²) in [6.45, 7) is 1.83. The first kappa shape index (κ1) is 14.8. The fourth-order valence-electron chi connectivity index (χ4n) is 1.78. The van der Waals surface area contributed by atoms with Crippen LogP contribution in [0.15, 0.2) is 12.1 Å². The molecule has 0 bridgehead atoms. The van der Waals surface area contributed by atoms with E-state index < -0.39 is 6.03 Å². The molecule has 6 nitrogen and oxygen atoms in total. The highest BCUT2D eigenvalue weighted by atomic mass is 16.5. The minimum absolute atomic E-state index is 0.0740. The average molecular weight is 266 g/mol. The maximum atomic E-state index is 11.6. The number of hydrogen-bond acceptors (Lipinski definition) is 4. The van der Waals surface area contributed by atoms with Crippen LogP contribution in [0, 0.1) is 0 Å². The molecule has 1 aromatic carbocycles. The fourth-order valence-corrected chi connectivity index (χ4v) is 1.78. The van der Waals surface area contributed by atoms with Gasteiger partial charge in [0.1, 0.15) is 0 Å². The predicted molar refractivity (Wildman–Crippen MR) is 70.8 cm³/mol. The van der Waals surface area contributed by atoms with Gasteiger partial charge in [0.2, 0.25) is 0 Å². The lowest BCUT2D eigenvalue weighted by Crippen LogP contribution is -2.31. The Balaban J connectivity index is 3.05. The van der Waals surface area contributed by atoms with E-state index in [1.807, 2.05) is 0 Å². The summed E-state index contributed by atoms with van der Waals surface area (Å²) in [5, 5.41) is 2.48. The summed E-state index contributed by atoms with van der Waals surface area (Å²) in [5.41, 5.74) is 6.32. The van der Waals surface area contributed by atoms with Crippen molar-refractivity contribution in [3.63, 3.8) is 0 Å². The van der Waals surface area contributed by atoms with Crippen LogP contribution >= 0.6 is 0 Å². The van der Waals surface area contributed by atoms with Gasteiger partial charge in [-0.25, -0.2) is 4.79 Å². The van der Waals surface area contributed by atoms with E-state index in [4.69, 9.17) is 15.2 Å². The molecule has 0 aromatic heterocycles. The molecule has 1 rings (SSSR count). The zero-order chi connectivity index (χ0) is 14.4. The molecule has 0 radical (unpaired) electrons. The molecule has 0 aliphatic rings. The highest BCUT2D eigenvalue weighted by Gasteiger charge is 2.14. The third-order valence-corrected chi connectivity index (χ3v) is 2.68. The van der Waals surface area contributed by atoms with E-state index in [0.29, 0.717) is 30.0 Å². The number of urea groups is 1. The predicted octanol–water partition coefficient (Wildman–Crippen LogP) is 1.12. The van der Waals surface area contributed by atoms with E-state index in [1.54, 1.807) is 12.1 Å². The number of methoxy groups -OCH3 is 2. The fraction of sp³-hybridized carbons (Fsp3) is 0.385. The van der Waals surface area contributed by atoms with Crippen molar-refractivity contribution in [3.8, 4) is 11.5 Å². The van der Waals surface area contributed by atoms with Crippen LogP contribution in [0.5, 0.6) is 11.5 Å². The van der Waals surface area contributed by atoms with Gasteiger partial charge in [-0.2, -0.15) is 0 Å². The number of amides is 2. The highest BCUT2D eigenvalue weighted by molar-refractivity contribution is 5.96. The Morgan fingerprint density at radius 3 is 2.26 bits per heavy atom. The largest absolute Gasteiger partial charge is 0.493 e. The number of nitrogens with two attached hydrogens (primary N) is 1. The van der Waals surface area contributed by atoms with Crippen molar-refractivity contribution >= 4 is 11.8 Å². The molecule has 0 aliphatic carbocycles. The van der Waals surface area contributed by atoms with Crippen molar-refractivity contribution in [1.82, 2.24) is 5.32 Å². The van der Waals surface area contributed by atoms with Crippen molar-refractivity contribution in [2.75, 3.05) is 20.8 Å². The van der Waals surface area contributed by atoms with Crippen LogP contribution in [0.3, 0.4) is 0 Å². The number of Topliss-reactive ketones (excluding diaryl/α,β-unsaturated/α-hetero) is 1. The minimum Gasteiger partial charge on any atom is -0.493 e. The smallest absolute Gasteiger partial charge is 0.312 e. The van der Waals surface area contributed by atoms with Gasteiger partial charge in [-0.3, -0.25) is 4.79 Å². The second-order valence-electron chi connectivity index (χ2n) is 3.96. The molecular formula is C13H18N2O4. The third kappa shape index (κ3) is 3.87. The molecule has 104 valence electrons. The molecule has 0 unspecified atom stereocenters. The van der Waals surface area contributed by atoms with Gasteiger partial charge in [-0.05, 0) is 31.0 Å². The molecule has 0 aliphatic heterocycles. The number of primary amides is 1. The van der Waals surface area contributed by atoms with E-state index in [-0.39, 0.29) is 5.78 Å². The average Bonchev–Trinajstić information content (AvgIpc) is 2.37. The van der Waals surface area contributed by atoms with Gasteiger partial charge in [0.15, 0.2) is 17.3 Å². The lowest BCUT2D eigenvalue weighted by molar-refractivity contribution is 0.101. The molecule has 1 aromatic rings. The van der Waals surface area contributed by atoms with Crippen molar-refractivity contribution in [2.24, 2.45) is 5.73 Å². The van der Waals surface area contributed by atoms with Crippen LogP contribution in [-0.4, -0.2) is 32.6 Å². The van der Waals surface area contributed by atoms with Crippen LogP contribution in [0.25, 0.3) is 0 Å². The van der Waals surface area contributed by atoms with Gasteiger partial charge in [-0.1, -0.05) is 0 Å². The molecule has 0 saturated heterocycles. The summed E-state index contributed by atoms with van der Waals surface area (Å²) in [6, 6.07) is 2.78. The zero-order valence-corrected chi connectivity index (χ0v) is 11.3. The quantitative estimate of drug-likeness (QED) is 0.755. The van der Waals surface area contributed by atoms with Crippen molar-refractivity contribution in [3.05, 3.63) is 23.3 Å². The third-order valence-electron chi connectivity index (χ3n) is 2.68. The number of ketones is 1. The Kier molecular flexibility index (Phi) is 5.17. The Morgan fingerprint density at radius 1 is 1.21 bits per heavy atom. The summed E-state index contributed by atoms with van der Waals surface area (Å²) < 4.78 is 10.3. The summed E-state index contributed by atoms with van der Waals surface area (Å²) in [6.07, 6.45) is 0.484. The van der Waals surface area contributed by atoms with Gasteiger partial charge >= 0.3 is 6.03 Å². The van der Waals surface area contributed by atoms with Gasteiger partial charge < -0.3 is 20.5 Å². The lowest BCUT2D eigenvalue weighted by atomic mass is 10.0. The number of benzene rings is 1. The second kappa shape index (κ2) is 6.63. The molecule has 0 spiro atoms. The van der Waals surface area contributed by atoms with Gasteiger partial charge in [0.05, 0.1) is 14.2 Å². The molecule has 19 heavy (non-hydrogen) atoms. The minimum atomic E-state index is -0.593. The van der Waals surface area contributed by atoms with Crippen LogP contribution < -0.4 is 20.5 Å². The second-order valence-corrected chi connectivity index (χ2v) is 3.96. The van der Waals surface area contributed by atoms with Gasteiger partial charge in [-0.15, -0.1) is 0 Å². The van der Waals surface area contributed by atoms with Crippen molar-refractivity contribution in [1.29, 1.82) is 0 Å². The summed E-state index contributed by atoms with van der Waals surface area (Å²) in [7, 11) is 3.03. The Morgan fingerprint density at radius 2 is 1.79 bits per heavy atom. The number of nitrogens with one attached hydrogen (secondary N) is 1. The molecule has 2 amide bonds. The Bertz CT molecular complexity index is 486. The first-order valence-corrected chi connectivity index (χ1v) is 5.78. The first-order valence-electron chi connectivity index (χ1n) is 5.78. The number of ether oxygens (including phenoxy) is 2. The van der Waals surface area contributed by atoms with E-state index in [0.717, 1.165) is 5.56 Å². The molecular weight excluding hydrogens is 248 g/mol. The maximum absolute atomic E-state index is 11.6. The molecule has 6 heteroatoms. The van der Waals surface area contributed by atoms with Gasteiger partial charge in [0, 0.05) is 12.1 Å². The highest BCUT2D eigenvalue weighted by Crippen LogP contribution is 2.31.